The molecule has 6 nitrogen and oxygen atoms in total. The van der Waals surface area contributed by atoms with Crippen LogP contribution < -0.4 is 10.6 Å². The van der Waals surface area contributed by atoms with Crippen molar-refractivity contribution >= 4 is 56.2 Å². The molecule has 1 aromatic carbocycles. The average Bonchev–Trinajstić information content (AvgIpc) is 3.25. The Labute approximate surface area is 163 Å². The highest BCUT2D eigenvalue weighted by molar-refractivity contribution is 8.01. The smallest absolute Gasteiger partial charge is 0.235 e. The maximum absolute atomic E-state index is 12.0. The molecule has 0 bridgehead atoms. The number of thiophene rings is 1. The number of rotatable bonds is 6. The van der Waals surface area contributed by atoms with Gasteiger partial charge in [0.1, 0.15) is 11.1 Å². The Morgan fingerprint density at radius 1 is 1.27 bits per heavy atom. The summed E-state index contributed by atoms with van der Waals surface area (Å²) < 4.78 is 0.707. The maximum Gasteiger partial charge on any atom is 0.235 e. The number of hydrogen-bond donors (Lipinski definition) is 2. The zero-order valence-corrected chi connectivity index (χ0v) is 16.5. The molecule has 26 heavy (non-hydrogen) atoms. The van der Waals surface area contributed by atoms with Gasteiger partial charge in [0.15, 0.2) is 4.34 Å². The third-order valence-electron chi connectivity index (χ3n) is 3.53. The van der Waals surface area contributed by atoms with Crippen molar-refractivity contribution < 1.29 is 4.79 Å². The first kappa shape index (κ1) is 18.4. The predicted octanol–water partition coefficient (Wildman–Crippen LogP) is 4.56. The van der Waals surface area contributed by atoms with Gasteiger partial charge >= 0.3 is 0 Å². The molecule has 0 aliphatic carbocycles. The molecule has 0 aliphatic heterocycles. The van der Waals surface area contributed by atoms with E-state index in [-0.39, 0.29) is 11.7 Å². The first-order valence-electron chi connectivity index (χ1n) is 7.63. The van der Waals surface area contributed by atoms with Crippen molar-refractivity contribution in [2.24, 2.45) is 0 Å². The summed E-state index contributed by atoms with van der Waals surface area (Å²) in [5.74, 6) is 0.0361. The number of nitriles is 1. The van der Waals surface area contributed by atoms with Crippen LogP contribution in [-0.4, -0.2) is 21.9 Å². The average molecular weight is 402 g/mol. The van der Waals surface area contributed by atoms with Gasteiger partial charge in [0.05, 0.1) is 11.3 Å². The monoisotopic (exact) mass is 401 g/mol. The molecule has 0 saturated carbocycles. The third-order valence-corrected chi connectivity index (χ3v) is 6.33. The van der Waals surface area contributed by atoms with Crippen LogP contribution in [0.5, 0.6) is 0 Å². The predicted molar refractivity (Wildman–Crippen MR) is 107 cm³/mol. The number of anilines is 3. The van der Waals surface area contributed by atoms with Crippen molar-refractivity contribution in [1.29, 1.82) is 5.26 Å². The zero-order valence-electron chi connectivity index (χ0n) is 14.1. The topological polar surface area (TPSA) is 90.7 Å². The largest absolute Gasteiger partial charge is 0.330 e. The second-order valence-corrected chi connectivity index (χ2v) is 8.53. The Hall–Kier alpha value is -2.41. The van der Waals surface area contributed by atoms with Gasteiger partial charge in [0, 0.05) is 5.69 Å². The fourth-order valence-corrected chi connectivity index (χ4v) is 4.37. The lowest BCUT2D eigenvalue weighted by molar-refractivity contribution is -0.113. The van der Waals surface area contributed by atoms with Crippen LogP contribution in [0.15, 0.2) is 34.0 Å². The van der Waals surface area contributed by atoms with Crippen LogP contribution in [0.3, 0.4) is 0 Å². The quantitative estimate of drug-likeness (QED) is 0.588. The third kappa shape index (κ3) is 4.60. The van der Waals surface area contributed by atoms with Crippen LogP contribution in [-0.2, 0) is 4.79 Å². The molecule has 2 heterocycles. The lowest BCUT2D eigenvalue weighted by Crippen LogP contribution is -2.13. The second-order valence-electron chi connectivity index (χ2n) is 5.41. The van der Waals surface area contributed by atoms with E-state index in [1.807, 2.05) is 12.1 Å². The molecule has 0 atom stereocenters. The Balaban J connectivity index is 1.54. The van der Waals surface area contributed by atoms with Crippen molar-refractivity contribution in [3.8, 4) is 6.07 Å². The van der Waals surface area contributed by atoms with Crippen LogP contribution in [0.1, 0.15) is 16.7 Å². The van der Waals surface area contributed by atoms with Crippen molar-refractivity contribution in [1.82, 2.24) is 10.2 Å². The SMILES string of the molecule is Cc1ccc(Nc2nnc(SCC(=O)Nc3sccc3C#N)s2)cc1C. The van der Waals surface area contributed by atoms with E-state index in [4.69, 9.17) is 5.26 Å². The normalized spacial score (nSPS) is 10.3. The molecule has 1 amide bonds. The number of aryl methyl sites for hydroxylation is 2. The summed E-state index contributed by atoms with van der Waals surface area (Å²) in [5, 5.41) is 26.2. The van der Waals surface area contributed by atoms with Crippen LogP contribution in [0, 0.1) is 25.2 Å². The minimum Gasteiger partial charge on any atom is -0.330 e. The van der Waals surface area contributed by atoms with Gasteiger partial charge in [0.2, 0.25) is 11.0 Å². The molecule has 132 valence electrons. The molecule has 0 fully saturated rings. The van der Waals surface area contributed by atoms with Gasteiger partial charge in [0.25, 0.3) is 0 Å². The molecule has 2 N–H and O–H groups in total. The fraction of sp³-hybridized carbons (Fsp3) is 0.176. The Kier molecular flexibility index (Phi) is 5.88. The molecule has 9 heteroatoms. The molecule has 3 aromatic rings. The van der Waals surface area contributed by atoms with Crippen LogP contribution in [0.25, 0.3) is 0 Å². The summed E-state index contributed by atoms with van der Waals surface area (Å²) in [6.45, 7) is 4.13. The summed E-state index contributed by atoms with van der Waals surface area (Å²) in [5.41, 5.74) is 3.88. The number of carbonyl (C=O) groups excluding carboxylic acids is 1. The molecule has 0 aliphatic rings. The number of thioether (sulfide) groups is 1. The molecular formula is C17H15N5OS3. The number of carbonyl (C=O) groups is 1. The number of nitrogens with one attached hydrogen (secondary N) is 2. The van der Waals surface area contributed by atoms with Gasteiger partial charge in [-0.3, -0.25) is 4.79 Å². The molecular weight excluding hydrogens is 386 g/mol. The summed E-state index contributed by atoms with van der Waals surface area (Å²) in [6, 6.07) is 9.84. The Morgan fingerprint density at radius 3 is 2.88 bits per heavy atom. The molecule has 0 radical (unpaired) electrons. The van der Waals surface area contributed by atoms with E-state index in [0.29, 0.717) is 20.0 Å². The van der Waals surface area contributed by atoms with Gasteiger partial charge in [-0.1, -0.05) is 29.2 Å². The van der Waals surface area contributed by atoms with Crippen molar-refractivity contribution in [2.75, 3.05) is 16.4 Å². The lowest BCUT2D eigenvalue weighted by atomic mass is 10.1. The summed E-state index contributed by atoms with van der Waals surface area (Å²) in [7, 11) is 0. The molecule has 0 spiro atoms. The van der Waals surface area contributed by atoms with Crippen molar-refractivity contribution in [2.45, 2.75) is 18.2 Å². The molecule has 3 rings (SSSR count). The lowest BCUT2D eigenvalue weighted by Gasteiger charge is -2.05. The second kappa shape index (κ2) is 8.31. The number of benzene rings is 1. The summed E-state index contributed by atoms with van der Waals surface area (Å²) in [4.78, 5) is 12.0. The molecule has 0 saturated heterocycles. The van der Waals surface area contributed by atoms with E-state index < -0.39 is 0 Å². The van der Waals surface area contributed by atoms with E-state index >= 15 is 0 Å². The summed E-state index contributed by atoms with van der Waals surface area (Å²) in [6.07, 6.45) is 0. The number of hydrogen-bond acceptors (Lipinski definition) is 8. The highest BCUT2D eigenvalue weighted by atomic mass is 32.2. The standard InChI is InChI=1S/C17H15N5OS3/c1-10-3-4-13(7-11(10)2)19-16-21-22-17(26-16)25-9-14(23)20-15-12(8-18)5-6-24-15/h3-7H,9H2,1-2H3,(H,19,21)(H,20,23). The highest BCUT2D eigenvalue weighted by Gasteiger charge is 2.11. The van der Waals surface area contributed by atoms with Crippen LogP contribution in [0.4, 0.5) is 15.8 Å². The van der Waals surface area contributed by atoms with Crippen molar-refractivity contribution in [3.05, 3.63) is 46.3 Å². The number of nitrogens with zero attached hydrogens (tertiary/aromatic N) is 3. The zero-order chi connectivity index (χ0) is 18.5. The van der Waals surface area contributed by atoms with Gasteiger partial charge in [-0.15, -0.1) is 21.5 Å². The van der Waals surface area contributed by atoms with E-state index in [2.05, 4.69) is 46.8 Å². The van der Waals surface area contributed by atoms with Gasteiger partial charge in [-0.2, -0.15) is 5.26 Å². The van der Waals surface area contributed by atoms with Crippen molar-refractivity contribution in [3.63, 3.8) is 0 Å². The van der Waals surface area contributed by atoms with Gasteiger partial charge in [-0.05, 0) is 48.6 Å². The fourth-order valence-electron chi connectivity index (χ4n) is 2.05. The van der Waals surface area contributed by atoms with E-state index in [1.54, 1.807) is 11.4 Å². The minimum absolute atomic E-state index is 0.173. The minimum atomic E-state index is -0.173. The molecule has 2 aromatic heterocycles. The van der Waals surface area contributed by atoms with E-state index in [1.165, 1.54) is 45.6 Å². The summed E-state index contributed by atoms with van der Waals surface area (Å²) >= 11 is 4.04. The maximum atomic E-state index is 12.0. The first-order valence-corrected chi connectivity index (χ1v) is 10.3. The Bertz CT molecular complexity index is 973. The van der Waals surface area contributed by atoms with E-state index in [9.17, 15) is 4.79 Å². The van der Waals surface area contributed by atoms with Crippen LogP contribution in [0.2, 0.25) is 0 Å². The van der Waals surface area contributed by atoms with Gasteiger partial charge < -0.3 is 10.6 Å². The first-order chi connectivity index (χ1) is 12.5. The highest BCUT2D eigenvalue weighted by Crippen LogP contribution is 2.29. The number of aromatic nitrogens is 2. The van der Waals surface area contributed by atoms with E-state index in [0.717, 1.165) is 5.69 Å². The number of amides is 1. The molecule has 0 unspecified atom stereocenters. The van der Waals surface area contributed by atoms with Crippen LogP contribution >= 0.6 is 34.4 Å². The van der Waals surface area contributed by atoms with Gasteiger partial charge in [-0.25, -0.2) is 0 Å². The Morgan fingerprint density at radius 2 is 2.12 bits per heavy atom.